The van der Waals surface area contributed by atoms with E-state index in [0.717, 1.165) is 28.5 Å². The van der Waals surface area contributed by atoms with Gasteiger partial charge in [-0.3, -0.25) is 15.1 Å². The van der Waals surface area contributed by atoms with E-state index in [2.05, 4.69) is 24.9 Å². The molecule has 0 aliphatic heterocycles. The van der Waals surface area contributed by atoms with Crippen LogP contribution in [-0.2, 0) is 0 Å². The normalized spacial score (nSPS) is 10.6. The molecule has 7 nitrogen and oxygen atoms in total. The molecule has 0 radical (unpaired) electrons. The maximum absolute atomic E-state index is 12.7. The zero-order chi connectivity index (χ0) is 18.6. The summed E-state index contributed by atoms with van der Waals surface area (Å²) in [5.74, 6) is 0.440. The molecule has 0 aliphatic rings. The topological polar surface area (TPSA) is 89.9 Å². The van der Waals surface area contributed by atoms with Crippen molar-refractivity contribution in [3.63, 3.8) is 0 Å². The zero-order valence-electron chi connectivity index (χ0n) is 14.1. The molecule has 0 aliphatic carbocycles. The van der Waals surface area contributed by atoms with E-state index in [4.69, 9.17) is 4.74 Å². The molecule has 0 spiro atoms. The van der Waals surface area contributed by atoms with Gasteiger partial charge in [0.2, 0.25) is 0 Å². The van der Waals surface area contributed by atoms with Crippen LogP contribution in [-0.4, -0.2) is 32.6 Å². The van der Waals surface area contributed by atoms with Crippen LogP contribution in [0.25, 0.3) is 22.6 Å². The average molecular weight is 395 g/mol. The van der Waals surface area contributed by atoms with E-state index in [1.165, 1.54) is 11.3 Å². The first kappa shape index (κ1) is 17.3. The molecule has 1 aromatic carbocycles. The Balaban J connectivity index is 1.54. The first-order chi connectivity index (χ1) is 13.2. The zero-order valence-corrected chi connectivity index (χ0v) is 15.8. The highest BCUT2D eigenvalue weighted by Crippen LogP contribution is 2.28. The SMILES string of the molecule is COc1ccc(-c2nnsc2C(=O)Nc2nc(-c3ccccn3)cs2)cc1. The molecule has 0 bridgehead atoms. The molecule has 9 heteroatoms. The minimum Gasteiger partial charge on any atom is -0.497 e. The number of carbonyl (C=O) groups excluding carboxylic acids is 1. The van der Waals surface area contributed by atoms with E-state index in [-0.39, 0.29) is 5.91 Å². The highest BCUT2D eigenvalue weighted by Gasteiger charge is 2.19. The van der Waals surface area contributed by atoms with Gasteiger partial charge in [-0.25, -0.2) is 4.98 Å². The van der Waals surface area contributed by atoms with Gasteiger partial charge in [-0.05, 0) is 47.9 Å². The number of anilines is 1. The van der Waals surface area contributed by atoms with Crippen LogP contribution in [0.15, 0.2) is 54.0 Å². The lowest BCUT2D eigenvalue weighted by atomic mass is 10.1. The van der Waals surface area contributed by atoms with Crippen LogP contribution >= 0.6 is 22.9 Å². The number of ether oxygens (including phenoxy) is 1. The number of rotatable bonds is 5. The molecule has 0 saturated carbocycles. The molecule has 1 amide bonds. The molecule has 27 heavy (non-hydrogen) atoms. The number of nitrogens with zero attached hydrogens (tertiary/aromatic N) is 4. The van der Waals surface area contributed by atoms with Crippen molar-refractivity contribution in [1.29, 1.82) is 0 Å². The van der Waals surface area contributed by atoms with Crippen LogP contribution in [0.4, 0.5) is 5.13 Å². The molecule has 0 fully saturated rings. The van der Waals surface area contributed by atoms with Gasteiger partial charge < -0.3 is 4.74 Å². The number of hydrogen-bond acceptors (Lipinski definition) is 8. The van der Waals surface area contributed by atoms with Crippen molar-refractivity contribution in [3.8, 4) is 28.4 Å². The maximum atomic E-state index is 12.7. The highest BCUT2D eigenvalue weighted by atomic mass is 32.1. The summed E-state index contributed by atoms with van der Waals surface area (Å²) in [6, 6.07) is 12.9. The Morgan fingerprint density at radius 1 is 1.11 bits per heavy atom. The standard InChI is InChI=1S/C18H13N5O2S2/c1-25-12-7-5-11(6-8-12)15-16(27-23-22-15)17(24)21-18-20-14(10-26-18)13-4-2-3-9-19-13/h2-10H,1H3,(H,20,21,24). The molecule has 3 heterocycles. The Kier molecular flexibility index (Phi) is 4.86. The smallest absolute Gasteiger partial charge is 0.271 e. The van der Waals surface area contributed by atoms with Crippen molar-refractivity contribution in [1.82, 2.24) is 19.6 Å². The summed E-state index contributed by atoms with van der Waals surface area (Å²) >= 11 is 2.39. The molecule has 4 rings (SSSR count). The minimum absolute atomic E-state index is 0.294. The van der Waals surface area contributed by atoms with E-state index in [1.54, 1.807) is 13.3 Å². The third-order valence-corrected chi connectivity index (χ3v) is 5.19. The predicted octanol–water partition coefficient (Wildman–Crippen LogP) is 3.98. The summed E-state index contributed by atoms with van der Waals surface area (Å²) in [6.45, 7) is 0. The number of pyridine rings is 1. The molecule has 0 saturated heterocycles. The third kappa shape index (κ3) is 3.69. The van der Waals surface area contributed by atoms with Crippen LogP contribution in [0, 0.1) is 0 Å². The van der Waals surface area contributed by atoms with Crippen LogP contribution in [0.3, 0.4) is 0 Å². The molecule has 134 valence electrons. The Morgan fingerprint density at radius 3 is 2.70 bits per heavy atom. The first-order valence-electron chi connectivity index (χ1n) is 7.89. The van der Waals surface area contributed by atoms with Crippen molar-refractivity contribution in [2.45, 2.75) is 0 Å². The third-order valence-electron chi connectivity index (χ3n) is 3.71. The van der Waals surface area contributed by atoms with Crippen molar-refractivity contribution < 1.29 is 9.53 Å². The van der Waals surface area contributed by atoms with Gasteiger partial charge in [-0.15, -0.1) is 16.4 Å². The van der Waals surface area contributed by atoms with Crippen LogP contribution in [0.5, 0.6) is 5.75 Å². The van der Waals surface area contributed by atoms with Gasteiger partial charge in [0.05, 0.1) is 12.8 Å². The summed E-state index contributed by atoms with van der Waals surface area (Å²) in [5.41, 5.74) is 2.80. The van der Waals surface area contributed by atoms with Gasteiger partial charge in [0, 0.05) is 17.1 Å². The maximum Gasteiger partial charge on any atom is 0.271 e. The lowest BCUT2D eigenvalue weighted by Gasteiger charge is -2.03. The van der Waals surface area contributed by atoms with Gasteiger partial charge >= 0.3 is 0 Å². The molecule has 0 unspecified atom stereocenters. The average Bonchev–Trinajstić information content (AvgIpc) is 3.38. The summed E-state index contributed by atoms with van der Waals surface area (Å²) in [4.78, 5) is 21.8. The summed E-state index contributed by atoms with van der Waals surface area (Å²) in [7, 11) is 1.60. The predicted molar refractivity (Wildman–Crippen MR) is 105 cm³/mol. The van der Waals surface area contributed by atoms with E-state index >= 15 is 0 Å². The van der Waals surface area contributed by atoms with Gasteiger partial charge in [-0.2, -0.15) is 0 Å². The van der Waals surface area contributed by atoms with Crippen molar-refractivity contribution in [2.24, 2.45) is 0 Å². The van der Waals surface area contributed by atoms with Gasteiger partial charge in [0.25, 0.3) is 5.91 Å². The van der Waals surface area contributed by atoms with Crippen molar-refractivity contribution in [3.05, 3.63) is 58.9 Å². The van der Waals surface area contributed by atoms with Crippen LogP contribution in [0.1, 0.15) is 9.67 Å². The van der Waals surface area contributed by atoms with Crippen molar-refractivity contribution >= 4 is 33.9 Å². The van der Waals surface area contributed by atoms with Gasteiger partial charge in [0.15, 0.2) is 5.13 Å². The Labute approximate surface area is 162 Å². The van der Waals surface area contributed by atoms with E-state index in [9.17, 15) is 4.79 Å². The second-order valence-corrected chi connectivity index (χ2v) is 7.00. The molecular formula is C18H13N5O2S2. The summed E-state index contributed by atoms with van der Waals surface area (Å²) in [6.07, 6.45) is 1.71. The van der Waals surface area contributed by atoms with Crippen LogP contribution in [0.2, 0.25) is 0 Å². The van der Waals surface area contributed by atoms with Crippen LogP contribution < -0.4 is 10.1 Å². The second-order valence-electron chi connectivity index (χ2n) is 5.39. The number of carbonyl (C=O) groups is 1. The summed E-state index contributed by atoms with van der Waals surface area (Å²) in [5, 5.41) is 9.26. The number of nitrogens with one attached hydrogen (secondary N) is 1. The Hall–Kier alpha value is -3.17. The number of benzene rings is 1. The largest absolute Gasteiger partial charge is 0.497 e. The summed E-state index contributed by atoms with van der Waals surface area (Å²) < 4.78 is 9.09. The lowest BCUT2D eigenvalue weighted by molar-refractivity contribution is 0.103. The highest BCUT2D eigenvalue weighted by molar-refractivity contribution is 7.14. The van der Waals surface area contributed by atoms with E-state index in [1.807, 2.05) is 47.8 Å². The monoisotopic (exact) mass is 395 g/mol. The Bertz CT molecular complexity index is 1060. The fourth-order valence-corrected chi connectivity index (χ4v) is 3.68. The quantitative estimate of drug-likeness (QED) is 0.550. The minimum atomic E-state index is -0.294. The fraction of sp³-hybridized carbons (Fsp3) is 0.0556. The number of thiazole rings is 1. The molecular weight excluding hydrogens is 382 g/mol. The first-order valence-corrected chi connectivity index (χ1v) is 9.55. The van der Waals surface area contributed by atoms with Gasteiger partial charge in [0.1, 0.15) is 22.0 Å². The second kappa shape index (κ2) is 7.60. The fourth-order valence-electron chi connectivity index (χ4n) is 2.39. The number of aromatic nitrogens is 4. The molecule has 4 aromatic rings. The molecule has 1 N–H and O–H groups in total. The Morgan fingerprint density at radius 2 is 1.96 bits per heavy atom. The number of methoxy groups -OCH3 is 1. The number of amides is 1. The molecule has 3 aromatic heterocycles. The van der Waals surface area contributed by atoms with Crippen molar-refractivity contribution in [2.75, 3.05) is 12.4 Å². The van der Waals surface area contributed by atoms with E-state index in [0.29, 0.717) is 21.4 Å². The molecule has 0 atom stereocenters. The lowest BCUT2D eigenvalue weighted by Crippen LogP contribution is -2.11. The van der Waals surface area contributed by atoms with E-state index < -0.39 is 0 Å². The number of hydrogen-bond donors (Lipinski definition) is 1. The van der Waals surface area contributed by atoms with Gasteiger partial charge in [-0.1, -0.05) is 10.6 Å².